The Morgan fingerprint density at radius 2 is 1.62 bits per heavy atom. The van der Waals surface area contributed by atoms with Gasteiger partial charge in [-0.1, -0.05) is 61.0 Å². The van der Waals surface area contributed by atoms with Gasteiger partial charge in [0.2, 0.25) is 0 Å². The third-order valence-electron chi connectivity index (χ3n) is 4.55. The lowest BCUT2D eigenvalue weighted by Crippen LogP contribution is -2.40. The zero-order chi connectivity index (χ0) is 14.7. The summed E-state index contributed by atoms with van der Waals surface area (Å²) in [4.78, 5) is 2.29. The van der Waals surface area contributed by atoms with Gasteiger partial charge in [0, 0.05) is 6.04 Å². The molecule has 0 spiro atoms. The smallest absolute Gasteiger partial charge is 0.0945 e. The highest BCUT2D eigenvalue weighted by Crippen LogP contribution is 2.29. The Kier molecular flexibility index (Phi) is 4.37. The largest absolute Gasteiger partial charge is 0.387 e. The molecule has 0 saturated carbocycles. The van der Waals surface area contributed by atoms with Gasteiger partial charge in [0.15, 0.2) is 0 Å². The fourth-order valence-corrected chi connectivity index (χ4v) is 3.23. The highest BCUT2D eigenvalue weighted by atomic mass is 16.3. The number of aliphatic hydroxyl groups excluding tert-OH is 1. The number of benzene rings is 2. The van der Waals surface area contributed by atoms with Gasteiger partial charge < -0.3 is 10.0 Å². The second-order valence-corrected chi connectivity index (χ2v) is 5.98. The molecule has 3 rings (SSSR count). The van der Waals surface area contributed by atoms with Crippen LogP contribution in [0.25, 0.3) is 11.1 Å². The molecule has 110 valence electrons. The van der Waals surface area contributed by atoms with E-state index in [-0.39, 0.29) is 12.1 Å². The third kappa shape index (κ3) is 3.17. The Morgan fingerprint density at radius 1 is 0.952 bits per heavy atom. The molecule has 2 heteroatoms. The van der Waals surface area contributed by atoms with E-state index in [1.54, 1.807) is 0 Å². The number of likely N-dealkylation sites (N-methyl/N-ethyl adjacent to an activating group) is 1. The van der Waals surface area contributed by atoms with Crippen LogP contribution in [0.3, 0.4) is 0 Å². The highest BCUT2D eigenvalue weighted by Gasteiger charge is 2.27. The van der Waals surface area contributed by atoms with Crippen LogP contribution in [0.4, 0.5) is 0 Å². The molecule has 1 N–H and O–H groups in total. The van der Waals surface area contributed by atoms with Gasteiger partial charge in [-0.3, -0.25) is 0 Å². The minimum Gasteiger partial charge on any atom is -0.387 e. The van der Waals surface area contributed by atoms with Crippen LogP contribution in [0, 0.1) is 0 Å². The Balaban J connectivity index is 1.77. The first kappa shape index (κ1) is 14.3. The van der Waals surface area contributed by atoms with Gasteiger partial charge in [0.05, 0.1) is 6.10 Å². The van der Waals surface area contributed by atoms with Crippen molar-refractivity contribution in [2.45, 2.75) is 31.4 Å². The topological polar surface area (TPSA) is 23.5 Å². The van der Waals surface area contributed by atoms with Crippen molar-refractivity contribution in [3.05, 3.63) is 60.2 Å². The van der Waals surface area contributed by atoms with Gasteiger partial charge in [-0.15, -0.1) is 0 Å². The van der Waals surface area contributed by atoms with E-state index in [2.05, 4.69) is 60.5 Å². The average molecular weight is 281 g/mol. The number of piperidine rings is 1. The van der Waals surface area contributed by atoms with Crippen molar-refractivity contribution in [1.82, 2.24) is 4.90 Å². The van der Waals surface area contributed by atoms with Crippen molar-refractivity contribution >= 4 is 0 Å². The molecule has 0 radical (unpaired) electrons. The first-order chi connectivity index (χ1) is 10.3. The summed E-state index contributed by atoms with van der Waals surface area (Å²) in [5, 5.41) is 10.6. The van der Waals surface area contributed by atoms with Crippen molar-refractivity contribution in [3.8, 4) is 11.1 Å². The van der Waals surface area contributed by atoms with Gasteiger partial charge in [-0.2, -0.15) is 0 Å². The number of likely N-dealkylation sites (tertiary alicyclic amines) is 1. The summed E-state index contributed by atoms with van der Waals surface area (Å²) in [7, 11) is 2.12. The van der Waals surface area contributed by atoms with Gasteiger partial charge in [0.25, 0.3) is 0 Å². The molecule has 0 aromatic heterocycles. The normalized spacial score (nSPS) is 21.1. The lowest BCUT2D eigenvalue weighted by Gasteiger charge is -2.35. The lowest BCUT2D eigenvalue weighted by atomic mass is 9.92. The van der Waals surface area contributed by atoms with Crippen LogP contribution in [0.5, 0.6) is 0 Å². The molecular weight excluding hydrogens is 258 g/mol. The quantitative estimate of drug-likeness (QED) is 0.923. The van der Waals surface area contributed by atoms with Crippen molar-refractivity contribution < 1.29 is 5.11 Å². The molecule has 2 aromatic carbocycles. The Bertz CT molecular complexity index is 564. The second kappa shape index (κ2) is 6.42. The SMILES string of the molecule is CN1CCCC[C@H]1C(O)c1ccc(-c2ccccc2)cc1. The zero-order valence-electron chi connectivity index (χ0n) is 12.6. The molecule has 1 fully saturated rings. The molecule has 0 bridgehead atoms. The van der Waals surface area contributed by atoms with Gasteiger partial charge in [-0.25, -0.2) is 0 Å². The van der Waals surface area contributed by atoms with E-state index in [0.29, 0.717) is 0 Å². The van der Waals surface area contributed by atoms with Crippen molar-refractivity contribution in [1.29, 1.82) is 0 Å². The number of rotatable bonds is 3. The van der Waals surface area contributed by atoms with Crippen LogP contribution in [-0.2, 0) is 0 Å². The van der Waals surface area contributed by atoms with E-state index in [1.165, 1.54) is 24.0 Å². The monoisotopic (exact) mass is 281 g/mol. The molecule has 2 aromatic rings. The number of hydrogen-bond acceptors (Lipinski definition) is 2. The molecule has 0 amide bonds. The second-order valence-electron chi connectivity index (χ2n) is 5.98. The molecule has 1 unspecified atom stereocenters. The lowest BCUT2D eigenvalue weighted by molar-refractivity contribution is 0.0403. The van der Waals surface area contributed by atoms with Crippen LogP contribution in [0.2, 0.25) is 0 Å². The minimum absolute atomic E-state index is 0.251. The Hall–Kier alpha value is -1.64. The molecule has 0 aliphatic carbocycles. The van der Waals surface area contributed by atoms with Crippen molar-refractivity contribution in [3.63, 3.8) is 0 Å². The summed E-state index contributed by atoms with van der Waals surface area (Å²) in [5.41, 5.74) is 3.44. The summed E-state index contributed by atoms with van der Waals surface area (Å²) >= 11 is 0. The maximum atomic E-state index is 10.6. The first-order valence-corrected chi connectivity index (χ1v) is 7.79. The summed E-state index contributed by atoms with van der Waals surface area (Å²) in [6.45, 7) is 1.09. The molecular formula is C19H23NO. The van der Waals surface area contributed by atoms with Crippen LogP contribution >= 0.6 is 0 Å². The standard InChI is InChI=1S/C19H23NO/c1-20-14-6-5-9-18(20)19(21)17-12-10-16(11-13-17)15-7-3-2-4-8-15/h2-4,7-8,10-13,18-19,21H,5-6,9,14H2,1H3/t18-,19?/m0/s1. The molecule has 1 aliphatic heterocycles. The molecule has 1 heterocycles. The van der Waals surface area contributed by atoms with Crippen LogP contribution in [-0.4, -0.2) is 29.6 Å². The van der Waals surface area contributed by atoms with Gasteiger partial charge in [0.1, 0.15) is 0 Å². The summed E-state index contributed by atoms with van der Waals surface area (Å²) in [6.07, 6.45) is 3.15. The minimum atomic E-state index is -0.389. The van der Waals surface area contributed by atoms with Crippen molar-refractivity contribution in [2.24, 2.45) is 0 Å². The summed E-state index contributed by atoms with van der Waals surface area (Å²) < 4.78 is 0. The molecule has 1 aliphatic rings. The van der Waals surface area contributed by atoms with E-state index in [9.17, 15) is 5.11 Å². The molecule has 2 nitrogen and oxygen atoms in total. The van der Waals surface area contributed by atoms with Crippen LogP contribution in [0.15, 0.2) is 54.6 Å². The average Bonchev–Trinajstić information content (AvgIpc) is 2.56. The Labute approximate surface area is 127 Å². The Morgan fingerprint density at radius 3 is 2.29 bits per heavy atom. The number of nitrogens with zero attached hydrogens (tertiary/aromatic N) is 1. The summed E-state index contributed by atoms with van der Waals surface area (Å²) in [6, 6.07) is 18.9. The molecule has 1 saturated heterocycles. The van der Waals surface area contributed by atoms with E-state index in [0.717, 1.165) is 18.5 Å². The zero-order valence-corrected chi connectivity index (χ0v) is 12.6. The fourth-order valence-electron chi connectivity index (χ4n) is 3.23. The van der Waals surface area contributed by atoms with E-state index in [1.807, 2.05) is 6.07 Å². The van der Waals surface area contributed by atoms with E-state index >= 15 is 0 Å². The van der Waals surface area contributed by atoms with Crippen LogP contribution < -0.4 is 0 Å². The van der Waals surface area contributed by atoms with Crippen molar-refractivity contribution in [2.75, 3.05) is 13.6 Å². The molecule has 2 atom stereocenters. The first-order valence-electron chi connectivity index (χ1n) is 7.79. The van der Waals surface area contributed by atoms with E-state index < -0.39 is 0 Å². The van der Waals surface area contributed by atoms with Crippen LogP contribution in [0.1, 0.15) is 30.9 Å². The van der Waals surface area contributed by atoms with Gasteiger partial charge >= 0.3 is 0 Å². The van der Waals surface area contributed by atoms with Gasteiger partial charge in [-0.05, 0) is 43.1 Å². The molecule has 21 heavy (non-hydrogen) atoms. The van der Waals surface area contributed by atoms with E-state index in [4.69, 9.17) is 0 Å². The summed E-state index contributed by atoms with van der Waals surface area (Å²) in [5.74, 6) is 0. The maximum Gasteiger partial charge on any atom is 0.0945 e. The number of aliphatic hydroxyl groups is 1. The maximum absolute atomic E-state index is 10.6. The third-order valence-corrected chi connectivity index (χ3v) is 4.55. The predicted molar refractivity (Wildman–Crippen MR) is 87.1 cm³/mol. The number of hydrogen-bond donors (Lipinski definition) is 1. The predicted octanol–water partition coefficient (Wildman–Crippen LogP) is 3.87. The highest BCUT2D eigenvalue weighted by molar-refractivity contribution is 5.63. The fraction of sp³-hybridized carbons (Fsp3) is 0.368.